The number of imidazole rings is 2. The lowest BCUT2D eigenvalue weighted by molar-refractivity contribution is 0.764. The first-order valence-corrected chi connectivity index (χ1v) is 16.7. The van der Waals surface area contributed by atoms with Crippen molar-refractivity contribution >= 4 is 22.1 Å². The molecule has 0 atom stereocenters. The van der Waals surface area contributed by atoms with Crippen LogP contribution in [0.1, 0.15) is 56.7 Å². The van der Waals surface area contributed by atoms with Gasteiger partial charge in [-0.05, 0) is 113 Å². The monoisotopic (exact) mass is 634 g/mol. The highest BCUT2D eigenvalue weighted by Gasteiger charge is 2.17. The molecule has 0 saturated heterocycles. The Morgan fingerprint density at radius 3 is 2.06 bits per heavy atom. The maximum absolute atomic E-state index is 5.08. The van der Waals surface area contributed by atoms with E-state index >= 15 is 0 Å². The summed E-state index contributed by atoms with van der Waals surface area (Å²) in [5.74, 6) is 2.13. The van der Waals surface area contributed by atoms with Gasteiger partial charge in [0.1, 0.15) is 11.6 Å². The molecule has 8 heteroatoms. The van der Waals surface area contributed by atoms with Gasteiger partial charge in [-0.1, -0.05) is 18.2 Å². The molecule has 0 fully saturated rings. The van der Waals surface area contributed by atoms with Crippen LogP contribution in [0.25, 0.3) is 44.6 Å². The molecule has 7 aromatic rings. The highest BCUT2D eigenvalue weighted by atomic mass is 15.1. The molecule has 0 amide bonds. The molecule has 0 spiro atoms. The van der Waals surface area contributed by atoms with Crippen molar-refractivity contribution in [3.8, 4) is 22.5 Å². The van der Waals surface area contributed by atoms with Crippen molar-refractivity contribution in [3.63, 3.8) is 0 Å². The first-order valence-electron chi connectivity index (χ1n) is 16.7. The second-order valence-corrected chi connectivity index (χ2v) is 13.1. The molecule has 0 aliphatic carbocycles. The first kappa shape index (κ1) is 31.4. The molecule has 0 aliphatic heterocycles. The van der Waals surface area contributed by atoms with Crippen molar-refractivity contribution in [1.29, 1.82) is 0 Å². The van der Waals surface area contributed by atoms with Crippen LogP contribution in [0.15, 0.2) is 60.9 Å². The highest BCUT2D eigenvalue weighted by Crippen LogP contribution is 2.33. The SMILES string of the molecule is Cc1cnc(C)c(CCc2nc3c(C)c(C)c(-c4ccc(-c5cccc(CCc6nc7c(C)c(C)ccc7n6C)n5)nc4)cc3n2C)n1. The molecule has 2 aromatic carbocycles. The Morgan fingerprint density at radius 1 is 0.583 bits per heavy atom. The summed E-state index contributed by atoms with van der Waals surface area (Å²) < 4.78 is 4.43. The van der Waals surface area contributed by atoms with Crippen LogP contribution in [-0.4, -0.2) is 39.0 Å². The average Bonchev–Trinajstić information content (AvgIpc) is 3.59. The lowest BCUT2D eigenvalue weighted by Crippen LogP contribution is -2.05. The minimum Gasteiger partial charge on any atom is -0.331 e. The molecule has 0 radical (unpaired) electrons. The summed E-state index contributed by atoms with van der Waals surface area (Å²) in [6.45, 7) is 12.6. The maximum atomic E-state index is 5.08. The molecule has 242 valence electrons. The predicted molar refractivity (Wildman–Crippen MR) is 193 cm³/mol. The third kappa shape index (κ3) is 5.65. The molecule has 5 heterocycles. The van der Waals surface area contributed by atoms with Gasteiger partial charge in [-0.3, -0.25) is 19.9 Å². The number of aromatic nitrogens is 8. The van der Waals surface area contributed by atoms with Crippen LogP contribution in [0.4, 0.5) is 0 Å². The Bertz CT molecular complexity index is 2330. The number of hydrogen-bond acceptors (Lipinski definition) is 6. The zero-order chi connectivity index (χ0) is 33.7. The Hall–Kier alpha value is -5.24. The maximum Gasteiger partial charge on any atom is 0.109 e. The van der Waals surface area contributed by atoms with Crippen molar-refractivity contribution < 1.29 is 0 Å². The van der Waals surface area contributed by atoms with E-state index in [2.05, 4.69) is 98.4 Å². The fourth-order valence-electron chi connectivity index (χ4n) is 6.67. The van der Waals surface area contributed by atoms with E-state index in [-0.39, 0.29) is 0 Å². The minimum atomic E-state index is 0.804. The van der Waals surface area contributed by atoms with E-state index in [0.29, 0.717) is 0 Å². The van der Waals surface area contributed by atoms with E-state index in [0.717, 1.165) is 93.6 Å². The molecule has 7 rings (SSSR count). The van der Waals surface area contributed by atoms with Crippen molar-refractivity contribution in [1.82, 2.24) is 39.0 Å². The van der Waals surface area contributed by atoms with Gasteiger partial charge < -0.3 is 9.13 Å². The van der Waals surface area contributed by atoms with Gasteiger partial charge in [0.15, 0.2) is 0 Å². The predicted octanol–water partition coefficient (Wildman–Crippen LogP) is 7.79. The van der Waals surface area contributed by atoms with Crippen LogP contribution in [0.3, 0.4) is 0 Å². The summed E-state index contributed by atoms with van der Waals surface area (Å²) in [6.07, 6.45) is 7.04. The van der Waals surface area contributed by atoms with Gasteiger partial charge in [-0.15, -0.1) is 0 Å². The highest BCUT2D eigenvalue weighted by molar-refractivity contribution is 5.88. The molecule has 0 bridgehead atoms. The molecule has 0 unspecified atom stereocenters. The van der Waals surface area contributed by atoms with Crippen LogP contribution in [0.5, 0.6) is 0 Å². The summed E-state index contributed by atoms with van der Waals surface area (Å²) in [5.41, 5.74) is 17.4. The van der Waals surface area contributed by atoms with Gasteiger partial charge >= 0.3 is 0 Å². The van der Waals surface area contributed by atoms with Gasteiger partial charge in [0, 0.05) is 50.6 Å². The fourth-order valence-corrected chi connectivity index (χ4v) is 6.67. The molecule has 0 N–H and O–H groups in total. The van der Waals surface area contributed by atoms with Gasteiger partial charge in [-0.2, -0.15) is 0 Å². The molecule has 0 saturated carbocycles. The Balaban J connectivity index is 1.11. The van der Waals surface area contributed by atoms with E-state index < -0.39 is 0 Å². The van der Waals surface area contributed by atoms with Crippen molar-refractivity contribution in [3.05, 3.63) is 118 Å². The average molecular weight is 635 g/mol. The van der Waals surface area contributed by atoms with E-state index in [9.17, 15) is 0 Å². The summed E-state index contributed by atoms with van der Waals surface area (Å²) in [7, 11) is 4.21. The number of hydrogen-bond donors (Lipinski definition) is 0. The first-order chi connectivity index (χ1) is 23.1. The number of nitrogens with zero attached hydrogens (tertiary/aromatic N) is 8. The minimum absolute atomic E-state index is 0.804. The summed E-state index contributed by atoms with van der Waals surface area (Å²) in [5, 5.41) is 0. The van der Waals surface area contributed by atoms with Crippen molar-refractivity contribution in [2.45, 2.75) is 67.2 Å². The van der Waals surface area contributed by atoms with E-state index in [1.807, 2.05) is 32.3 Å². The lowest BCUT2D eigenvalue weighted by Gasteiger charge is -2.11. The third-order valence-corrected chi connectivity index (χ3v) is 10.0. The van der Waals surface area contributed by atoms with Gasteiger partial charge in [0.05, 0.1) is 50.5 Å². The number of aryl methyl sites for hydroxylation is 11. The normalized spacial score (nSPS) is 11.7. The van der Waals surface area contributed by atoms with Gasteiger partial charge in [0.25, 0.3) is 0 Å². The lowest BCUT2D eigenvalue weighted by atomic mass is 9.96. The molecular formula is C40H42N8. The standard InChI is InChI=1S/C40H42N8/c1-23-12-17-35-39(25(23)3)45-37(47(35)7)18-14-30-10-9-11-34(44-30)33-15-13-29(22-42-33)31-20-36-40(27(5)26(31)4)46-38(48(36)8)19-16-32-28(6)41-21-24(2)43-32/h9-13,15,17,20-22H,14,16,18-19H2,1-8H3. The van der Waals surface area contributed by atoms with Gasteiger partial charge in [0.2, 0.25) is 0 Å². The Kier molecular flexibility index (Phi) is 8.11. The molecule has 48 heavy (non-hydrogen) atoms. The smallest absolute Gasteiger partial charge is 0.109 e. The van der Waals surface area contributed by atoms with Crippen LogP contribution in [-0.2, 0) is 39.8 Å². The second-order valence-electron chi connectivity index (χ2n) is 13.1. The zero-order valence-electron chi connectivity index (χ0n) is 29.2. The Labute approximate surface area is 282 Å². The Morgan fingerprint density at radius 2 is 1.31 bits per heavy atom. The third-order valence-electron chi connectivity index (χ3n) is 10.0. The largest absolute Gasteiger partial charge is 0.331 e. The fraction of sp³-hybridized carbons (Fsp3) is 0.300. The quantitative estimate of drug-likeness (QED) is 0.170. The van der Waals surface area contributed by atoms with Crippen LogP contribution < -0.4 is 0 Å². The molecule has 5 aromatic heterocycles. The van der Waals surface area contributed by atoms with Crippen molar-refractivity contribution in [2.75, 3.05) is 0 Å². The summed E-state index contributed by atoms with van der Waals surface area (Å²) in [4.78, 5) is 29.1. The van der Waals surface area contributed by atoms with E-state index in [1.54, 1.807) is 0 Å². The topological polar surface area (TPSA) is 87.2 Å². The van der Waals surface area contributed by atoms with E-state index in [1.165, 1.54) is 33.3 Å². The number of rotatable bonds is 8. The van der Waals surface area contributed by atoms with E-state index in [4.69, 9.17) is 24.9 Å². The summed E-state index contributed by atoms with van der Waals surface area (Å²) >= 11 is 0. The van der Waals surface area contributed by atoms with Crippen molar-refractivity contribution in [2.24, 2.45) is 14.1 Å². The van der Waals surface area contributed by atoms with Crippen LogP contribution in [0, 0.1) is 41.5 Å². The molecular weight excluding hydrogens is 592 g/mol. The van der Waals surface area contributed by atoms with Crippen LogP contribution in [0.2, 0.25) is 0 Å². The second kappa shape index (κ2) is 12.4. The zero-order valence-corrected chi connectivity index (χ0v) is 29.2. The molecule has 8 nitrogen and oxygen atoms in total. The van der Waals surface area contributed by atoms with Gasteiger partial charge in [-0.25, -0.2) is 9.97 Å². The number of fused-ring (bicyclic) bond motifs is 2. The number of pyridine rings is 2. The molecule has 0 aliphatic rings. The van der Waals surface area contributed by atoms with Crippen LogP contribution >= 0.6 is 0 Å². The number of benzene rings is 2. The summed E-state index contributed by atoms with van der Waals surface area (Å²) in [6, 6.07) is 17.0.